The van der Waals surface area contributed by atoms with Crippen LogP contribution in [0.3, 0.4) is 0 Å². The first-order chi connectivity index (χ1) is 36.1. The topological polar surface area (TPSA) is 25.8 Å². The number of aromatic nitrogens is 2. The molecule has 16 rings (SSSR count). The number of allylic oxidation sites excluding steroid dienone is 4. The van der Waals surface area contributed by atoms with Gasteiger partial charge in [-0.15, -0.1) is 0 Å². The Hall–Kier alpha value is -8.98. The predicted octanol–water partition coefficient (Wildman–Crippen LogP) is 17.4. The van der Waals surface area contributed by atoms with Gasteiger partial charge in [-0.05, 0) is 155 Å². The average Bonchev–Trinajstić information content (AvgIpc) is 4.25. The van der Waals surface area contributed by atoms with Gasteiger partial charge in [0.15, 0.2) is 0 Å². The van der Waals surface area contributed by atoms with Gasteiger partial charge in [0, 0.05) is 11.1 Å². The Kier molecular flexibility index (Phi) is 8.38. The second-order valence-corrected chi connectivity index (χ2v) is 20.6. The number of hydrogen-bond donors (Lipinski definition) is 0. The summed E-state index contributed by atoms with van der Waals surface area (Å²) in [6.45, 7) is 2.13. The molecular weight excluding hydrogens is 881 g/mol. The molecule has 1 heterocycles. The van der Waals surface area contributed by atoms with Gasteiger partial charge in [-0.1, -0.05) is 218 Å². The number of fused-ring (bicyclic) bond motifs is 20. The fraction of sp³-hybridized carbons (Fsp3) is 0.0704. The van der Waals surface area contributed by atoms with E-state index in [0.717, 1.165) is 52.0 Å². The molecule has 1 aromatic heterocycles. The van der Waals surface area contributed by atoms with Gasteiger partial charge in [0.25, 0.3) is 0 Å². The highest BCUT2D eigenvalue weighted by molar-refractivity contribution is 5.99. The van der Waals surface area contributed by atoms with Crippen LogP contribution in [-0.2, 0) is 10.8 Å². The zero-order valence-electron chi connectivity index (χ0n) is 40.3. The Bertz CT molecular complexity index is 4150. The molecule has 0 amide bonds. The average molecular weight is 927 g/mol. The second-order valence-electron chi connectivity index (χ2n) is 20.6. The van der Waals surface area contributed by atoms with Crippen molar-refractivity contribution < 1.29 is 0 Å². The Balaban J connectivity index is 0.789. The summed E-state index contributed by atoms with van der Waals surface area (Å²) in [5.41, 5.74) is 32.7. The molecule has 0 fully saturated rings. The van der Waals surface area contributed by atoms with Gasteiger partial charge >= 0.3 is 0 Å². The molecule has 0 bridgehead atoms. The molecule has 2 nitrogen and oxygen atoms in total. The summed E-state index contributed by atoms with van der Waals surface area (Å²) in [5, 5.41) is 0. The van der Waals surface area contributed by atoms with Gasteiger partial charge in [0.05, 0.1) is 33.3 Å². The first-order valence-electron chi connectivity index (χ1n) is 25.8. The van der Waals surface area contributed by atoms with Gasteiger partial charge < -0.3 is 0 Å². The van der Waals surface area contributed by atoms with E-state index in [4.69, 9.17) is 9.97 Å². The largest absolute Gasteiger partial charge is 0.244 e. The van der Waals surface area contributed by atoms with E-state index in [1.807, 2.05) is 0 Å². The highest BCUT2D eigenvalue weighted by Gasteiger charge is 2.53. The maximum atomic E-state index is 5.44. The number of rotatable bonds is 4. The van der Waals surface area contributed by atoms with Crippen molar-refractivity contribution in [2.24, 2.45) is 0 Å². The van der Waals surface area contributed by atoms with E-state index < -0.39 is 0 Å². The molecule has 340 valence electrons. The minimum Gasteiger partial charge on any atom is -0.244 e. The lowest BCUT2D eigenvalue weighted by atomic mass is 9.68. The van der Waals surface area contributed by atoms with E-state index in [1.165, 1.54) is 111 Å². The van der Waals surface area contributed by atoms with E-state index in [1.54, 1.807) is 0 Å². The van der Waals surface area contributed by atoms with Gasteiger partial charge in [-0.25, -0.2) is 9.97 Å². The Labute approximate surface area is 425 Å². The van der Waals surface area contributed by atoms with Crippen molar-refractivity contribution in [3.05, 3.63) is 292 Å². The van der Waals surface area contributed by atoms with Crippen LogP contribution in [-0.4, -0.2) is 9.97 Å². The SMILES string of the molecule is Cc1cccc2nc(-c3ccc(-c4ccc5c(c4)C4(C6=C5C=CCC6)c5ccccc5-c5ccccc54)cc3)c(-c3ccc(-c4ccc5c(c4)C4(c6ccccc6-c6ccccc64)c4ccccc4-5)cc3)nc12. The van der Waals surface area contributed by atoms with Crippen LogP contribution in [0.25, 0.3) is 94.8 Å². The lowest BCUT2D eigenvalue weighted by Gasteiger charge is -2.33. The molecule has 11 aromatic rings. The van der Waals surface area contributed by atoms with Crippen LogP contribution < -0.4 is 0 Å². The highest BCUT2D eigenvalue weighted by atomic mass is 14.8. The van der Waals surface area contributed by atoms with Crippen LogP contribution >= 0.6 is 0 Å². The summed E-state index contributed by atoms with van der Waals surface area (Å²) >= 11 is 0. The van der Waals surface area contributed by atoms with Gasteiger partial charge in [0.2, 0.25) is 0 Å². The highest BCUT2D eigenvalue weighted by Crippen LogP contribution is 2.65. The molecule has 0 radical (unpaired) electrons. The van der Waals surface area contributed by atoms with Crippen LogP contribution in [0.4, 0.5) is 0 Å². The van der Waals surface area contributed by atoms with E-state index in [9.17, 15) is 0 Å². The maximum Gasteiger partial charge on any atom is 0.0973 e. The molecule has 0 unspecified atom stereocenters. The number of nitrogens with zero attached hydrogens (tertiary/aromatic N) is 2. The zero-order valence-corrected chi connectivity index (χ0v) is 40.3. The molecule has 5 aliphatic rings. The third-order valence-electron chi connectivity index (χ3n) is 17.2. The van der Waals surface area contributed by atoms with Gasteiger partial charge in [-0.3, -0.25) is 0 Å². The van der Waals surface area contributed by atoms with Crippen molar-refractivity contribution in [2.45, 2.75) is 30.6 Å². The number of aryl methyl sites for hydroxylation is 1. The minimum absolute atomic E-state index is 0.301. The van der Waals surface area contributed by atoms with Crippen LogP contribution in [0.15, 0.2) is 242 Å². The Morgan fingerprint density at radius 1 is 0.342 bits per heavy atom. The monoisotopic (exact) mass is 926 g/mol. The van der Waals surface area contributed by atoms with Gasteiger partial charge in [0.1, 0.15) is 0 Å². The fourth-order valence-electron chi connectivity index (χ4n) is 14.1. The molecule has 0 N–H and O–H groups in total. The van der Waals surface area contributed by atoms with Crippen molar-refractivity contribution in [3.8, 4) is 78.1 Å². The van der Waals surface area contributed by atoms with E-state index in [-0.39, 0.29) is 10.8 Å². The molecule has 0 aliphatic heterocycles. The normalized spacial score (nSPS) is 15.2. The summed E-state index contributed by atoms with van der Waals surface area (Å²) in [7, 11) is 0. The molecule has 0 saturated heterocycles. The minimum atomic E-state index is -0.385. The molecule has 2 heteroatoms. The standard InChI is InChI=1S/C71H46N2/c1-43-15-14-28-66-67(43)73-69(47-35-31-45(32-36-47)49-38-40-57-55-21-7-13-27-63(55)71(65(57)42-49)60-24-10-4-18-52(60)53-19-5-11-25-61(53)71)68(72-66)46-33-29-44(30-34-46)48-37-39-56-54-20-6-12-26-62(54)70(64(56)41-48)58-22-8-2-16-50(58)51-17-3-9-23-59(51)70/h2-11,13-25,27-42H,12,26H2,1H3. The summed E-state index contributed by atoms with van der Waals surface area (Å²) in [6.07, 6.45) is 6.86. The second kappa shape index (κ2) is 15.0. The molecular formula is C71H46N2. The fourth-order valence-corrected chi connectivity index (χ4v) is 14.1. The Morgan fingerprint density at radius 3 is 1.27 bits per heavy atom. The predicted molar refractivity (Wildman–Crippen MR) is 299 cm³/mol. The molecule has 2 spiro atoms. The molecule has 0 saturated carbocycles. The zero-order chi connectivity index (χ0) is 48.0. The van der Waals surface area contributed by atoms with Crippen LogP contribution in [0, 0.1) is 6.92 Å². The number of benzene rings is 10. The smallest absolute Gasteiger partial charge is 0.0973 e. The van der Waals surface area contributed by atoms with Crippen LogP contribution in [0.2, 0.25) is 0 Å². The third kappa shape index (κ3) is 5.37. The third-order valence-corrected chi connectivity index (χ3v) is 17.2. The van der Waals surface area contributed by atoms with Crippen molar-refractivity contribution in [2.75, 3.05) is 0 Å². The first-order valence-corrected chi connectivity index (χ1v) is 25.8. The lowest BCUT2D eigenvalue weighted by Crippen LogP contribution is -2.27. The number of para-hydroxylation sites is 1. The molecule has 10 aromatic carbocycles. The molecule has 0 atom stereocenters. The summed E-state index contributed by atoms with van der Waals surface area (Å²) in [5.74, 6) is 0. The van der Waals surface area contributed by atoms with Crippen molar-refractivity contribution in [1.82, 2.24) is 9.97 Å². The van der Waals surface area contributed by atoms with Crippen molar-refractivity contribution in [1.29, 1.82) is 0 Å². The summed E-state index contributed by atoms with van der Waals surface area (Å²) in [4.78, 5) is 10.9. The van der Waals surface area contributed by atoms with Crippen molar-refractivity contribution >= 4 is 16.6 Å². The lowest BCUT2D eigenvalue weighted by molar-refractivity contribution is 0.714. The maximum absolute atomic E-state index is 5.44. The summed E-state index contributed by atoms with van der Waals surface area (Å²) < 4.78 is 0. The van der Waals surface area contributed by atoms with E-state index in [2.05, 4.69) is 244 Å². The van der Waals surface area contributed by atoms with Gasteiger partial charge in [-0.2, -0.15) is 0 Å². The van der Waals surface area contributed by atoms with Crippen LogP contribution in [0.1, 0.15) is 62.9 Å². The molecule has 5 aliphatic carbocycles. The quantitative estimate of drug-likeness (QED) is 0.176. The van der Waals surface area contributed by atoms with Crippen LogP contribution in [0.5, 0.6) is 0 Å². The number of hydrogen-bond acceptors (Lipinski definition) is 2. The first kappa shape index (κ1) is 40.7. The van der Waals surface area contributed by atoms with E-state index >= 15 is 0 Å². The molecule has 73 heavy (non-hydrogen) atoms. The Morgan fingerprint density at radius 2 is 0.753 bits per heavy atom. The van der Waals surface area contributed by atoms with Crippen molar-refractivity contribution in [3.63, 3.8) is 0 Å². The summed E-state index contributed by atoms with van der Waals surface area (Å²) in [6, 6.07) is 83.9. The van der Waals surface area contributed by atoms with E-state index in [0.29, 0.717) is 0 Å².